The average molecular weight is 507 g/mol. The Kier molecular flexibility index (Phi) is 6.65. The van der Waals surface area contributed by atoms with Crippen LogP contribution in [0.15, 0.2) is 85.3 Å². The number of carboxylic acids is 1. The first kappa shape index (κ1) is 24.0. The van der Waals surface area contributed by atoms with Crippen molar-refractivity contribution in [3.8, 4) is 11.4 Å². The molecule has 0 bridgehead atoms. The molecule has 6 rings (SSSR count). The third-order valence-corrected chi connectivity index (χ3v) is 7.25. The number of carboxylic acid groups (broad SMARTS) is 1. The number of aliphatic carboxylic acids is 1. The molecular weight excluding hydrogens is 476 g/mol. The summed E-state index contributed by atoms with van der Waals surface area (Å²) in [7, 11) is 0. The first-order valence-corrected chi connectivity index (χ1v) is 13.2. The molecule has 7 heteroatoms. The Hall–Kier alpha value is -4.39. The Morgan fingerprint density at radius 3 is 2.74 bits per heavy atom. The van der Waals surface area contributed by atoms with Crippen LogP contribution in [0, 0.1) is 0 Å². The van der Waals surface area contributed by atoms with Gasteiger partial charge >= 0.3 is 5.97 Å². The zero-order chi connectivity index (χ0) is 25.9. The van der Waals surface area contributed by atoms with Crippen molar-refractivity contribution in [1.29, 1.82) is 0 Å². The molecule has 2 aromatic carbocycles. The van der Waals surface area contributed by atoms with Crippen LogP contribution < -0.4 is 4.74 Å². The third kappa shape index (κ3) is 5.05. The van der Waals surface area contributed by atoms with E-state index in [0.29, 0.717) is 6.61 Å². The second-order valence-electron chi connectivity index (χ2n) is 9.82. The normalized spacial score (nSPS) is 13.8. The molecule has 1 N–H and O–H groups in total. The van der Waals surface area contributed by atoms with Crippen molar-refractivity contribution in [1.82, 2.24) is 19.3 Å². The summed E-state index contributed by atoms with van der Waals surface area (Å²) in [5, 5.41) is 15.2. The van der Waals surface area contributed by atoms with Gasteiger partial charge in [0.25, 0.3) is 0 Å². The van der Waals surface area contributed by atoms with Crippen molar-refractivity contribution < 1.29 is 14.6 Å². The van der Waals surface area contributed by atoms with Crippen LogP contribution in [0.5, 0.6) is 5.75 Å². The number of rotatable bonds is 9. The van der Waals surface area contributed by atoms with Gasteiger partial charge in [0.15, 0.2) is 0 Å². The summed E-state index contributed by atoms with van der Waals surface area (Å²) in [4.78, 5) is 16.7. The van der Waals surface area contributed by atoms with Gasteiger partial charge < -0.3 is 14.4 Å². The maximum Gasteiger partial charge on any atom is 0.305 e. The van der Waals surface area contributed by atoms with Crippen molar-refractivity contribution in [3.63, 3.8) is 0 Å². The Morgan fingerprint density at radius 2 is 1.87 bits per heavy atom. The van der Waals surface area contributed by atoms with Crippen LogP contribution in [0.1, 0.15) is 47.8 Å². The molecule has 0 saturated carbocycles. The van der Waals surface area contributed by atoms with Gasteiger partial charge in [-0.05, 0) is 85.3 Å². The van der Waals surface area contributed by atoms with Crippen LogP contribution in [0.3, 0.4) is 0 Å². The molecule has 1 aliphatic rings. The van der Waals surface area contributed by atoms with E-state index in [1.165, 1.54) is 24.1 Å². The second-order valence-corrected chi connectivity index (χ2v) is 9.82. The van der Waals surface area contributed by atoms with Gasteiger partial charge in [-0.3, -0.25) is 14.5 Å². The number of nitrogens with zero attached hydrogens (tertiary/aromatic N) is 4. The van der Waals surface area contributed by atoms with Gasteiger partial charge in [-0.15, -0.1) is 0 Å². The van der Waals surface area contributed by atoms with Crippen LogP contribution in [-0.2, 0) is 24.1 Å². The summed E-state index contributed by atoms with van der Waals surface area (Å²) in [6.07, 6.45) is 11.1. The van der Waals surface area contributed by atoms with Gasteiger partial charge in [0, 0.05) is 41.3 Å². The van der Waals surface area contributed by atoms with Crippen molar-refractivity contribution in [2.45, 2.75) is 44.6 Å². The number of ether oxygens (including phenoxy) is 1. The number of aryl methyl sites for hydroxylation is 2. The molecule has 0 amide bonds. The summed E-state index contributed by atoms with van der Waals surface area (Å²) in [5.74, 6) is -0.111. The number of pyridine rings is 1. The van der Waals surface area contributed by atoms with Crippen LogP contribution in [0.4, 0.5) is 0 Å². The number of hydrogen-bond donors (Lipinski definition) is 1. The first-order valence-electron chi connectivity index (χ1n) is 13.2. The highest BCUT2D eigenvalue weighted by Gasteiger charge is 2.21. The van der Waals surface area contributed by atoms with Crippen molar-refractivity contribution >= 4 is 16.9 Å². The predicted octanol–water partition coefficient (Wildman–Crippen LogP) is 5.79. The first-order chi connectivity index (χ1) is 18.6. The molecule has 0 spiro atoms. The highest BCUT2D eigenvalue weighted by molar-refractivity contribution is 5.81. The Balaban J connectivity index is 1.20. The maximum absolute atomic E-state index is 11.8. The van der Waals surface area contributed by atoms with E-state index in [9.17, 15) is 9.90 Å². The summed E-state index contributed by atoms with van der Waals surface area (Å²) in [6, 6.07) is 21.6. The zero-order valence-corrected chi connectivity index (χ0v) is 21.2. The molecule has 192 valence electrons. The largest absolute Gasteiger partial charge is 0.493 e. The minimum Gasteiger partial charge on any atom is -0.493 e. The molecule has 1 aliphatic carbocycles. The highest BCUT2D eigenvalue weighted by Crippen LogP contribution is 2.30. The standard InChI is InChI=1S/C31H30N4O3/c36-31(37)20-30(23-7-5-8-26(18-23)34-15-3-4-16-34)35-29-13-12-27(19-24(29)21-32-35)38-17-14-25-11-10-22-6-1-2-9-28(22)33-25/h3-5,7-8,10-13,15-16,18-19,21,30H,1-2,6,9,14,17,20H2,(H,36,37). The molecule has 3 aromatic heterocycles. The van der Waals surface area contributed by atoms with E-state index in [1.54, 1.807) is 10.9 Å². The molecule has 1 unspecified atom stereocenters. The molecule has 7 nitrogen and oxygen atoms in total. The summed E-state index contributed by atoms with van der Waals surface area (Å²) in [6.45, 7) is 0.541. The molecule has 5 aromatic rings. The molecule has 0 saturated heterocycles. The van der Waals surface area contributed by atoms with Crippen molar-refractivity contribution in [2.75, 3.05) is 6.61 Å². The predicted molar refractivity (Wildman–Crippen MR) is 146 cm³/mol. The minimum absolute atomic E-state index is 0.0715. The summed E-state index contributed by atoms with van der Waals surface area (Å²) < 4.78 is 9.87. The van der Waals surface area contributed by atoms with Gasteiger partial charge in [0.05, 0.1) is 30.8 Å². The zero-order valence-electron chi connectivity index (χ0n) is 21.2. The number of fused-ring (bicyclic) bond motifs is 2. The highest BCUT2D eigenvalue weighted by atomic mass is 16.5. The fourth-order valence-corrected chi connectivity index (χ4v) is 5.32. The van der Waals surface area contributed by atoms with Crippen LogP contribution in [0.2, 0.25) is 0 Å². The Morgan fingerprint density at radius 1 is 1.00 bits per heavy atom. The monoisotopic (exact) mass is 506 g/mol. The lowest BCUT2D eigenvalue weighted by atomic mass is 9.96. The lowest BCUT2D eigenvalue weighted by molar-refractivity contribution is -0.137. The molecule has 3 heterocycles. The van der Waals surface area contributed by atoms with E-state index in [0.717, 1.165) is 52.9 Å². The molecule has 0 radical (unpaired) electrons. The van der Waals surface area contributed by atoms with Gasteiger partial charge in [0.2, 0.25) is 0 Å². The fraction of sp³-hybridized carbons (Fsp3) is 0.258. The van der Waals surface area contributed by atoms with E-state index in [2.05, 4.69) is 17.2 Å². The van der Waals surface area contributed by atoms with E-state index < -0.39 is 12.0 Å². The molecule has 0 aliphatic heterocycles. The van der Waals surface area contributed by atoms with E-state index in [-0.39, 0.29) is 6.42 Å². The van der Waals surface area contributed by atoms with Gasteiger partial charge in [-0.25, -0.2) is 0 Å². The topological polar surface area (TPSA) is 82.2 Å². The van der Waals surface area contributed by atoms with Crippen LogP contribution >= 0.6 is 0 Å². The quantitative estimate of drug-likeness (QED) is 0.274. The van der Waals surface area contributed by atoms with E-state index in [4.69, 9.17) is 9.72 Å². The molecular formula is C31H30N4O3. The lowest BCUT2D eigenvalue weighted by Crippen LogP contribution is -2.16. The van der Waals surface area contributed by atoms with Crippen molar-refractivity contribution in [3.05, 3.63) is 108 Å². The average Bonchev–Trinajstić information content (AvgIpc) is 3.62. The Labute approximate surface area is 221 Å². The Bertz CT molecular complexity index is 1570. The molecule has 1 atom stereocenters. The van der Waals surface area contributed by atoms with Gasteiger partial charge in [0.1, 0.15) is 5.75 Å². The third-order valence-electron chi connectivity index (χ3n) is 7.25. The molecule has 38 heavy (non-hydrogen) atoms. The summed E-state index contributed by atoms with van der Waals surface area (Å²) >= 11 is 0. The number of benzene rings is 2. The van der Waals surface area contributed by atoms with Gasteiger partial charge in [-0.1, -0.05) is 18.2 Å². The maximum atomic E-state index is 11.8. The lowest BCUT2D eigenvalue weighted by Gasteiger charge is -2.19. The van der Waals surface area contributed by atoms with E-state index >= 15 is 0 Å². The SMILES string of the molecule is O=C(O)CC(c1cccc(-n2cccc2)c1)n1ncc2cc(OCCc3ccc4c(n3)CCCC4)ccc21. The van der Waals surface area contributed by atoms with Crippen LogP contribution in [-0.4, -0.2) is 37.0 Å². The number of aromatic nitrogens is 4. The van der Waals surface area contributed by atoms with Crippen molar-refractivity contribution in [2.24, 2.45) is 0 Å². The van der Waals surface area contributed by atoms with E-state index in [1.807, 2.05) is 71.6 Å². The molecule has 0 fully saturated rings. The number of hydrogen-bond acceptors (Lipinski definition) is 4. The fourth-order valence-electron chi connectivity index (χ4n) is 5.32. The summed E-state index contributed by atoms with van der Waals surface area (Å²) in [5.41, 5.74) is 6.44. The van der Waals surface area contributed by atoms with Gasteiger partial charge in [-0.2, -0.15) is 5.10 Å². The smallest absolute Gasteiger partial charge is 0.305 e. The van der Waals surface area contributed by atoms with Crippen LogP contribution in [0.25, 0.3) is 16.6 Å². The number of carbonyl (C=O) groups is 1. The minimum atomic E-state index is -0.874. The second kappa shape index (κ2) is 10.5.